The third-order valence-corrected chi connectivity index (χ3v) is 2.74. The first-order valence-electron chi connectivity index (χ1n) is 4.77. The summed E-state index contributed by atoms with van der Waals surface area (Å²) in [5.74, 6) is 0.844. The molecule has 2 rings (SSSR count). The van der Waals surface area contributed by atoms with Crippen molar-refractivity contribution in [1.29, 1.82) is 0 Å². The zero-order chi connectivity index (χ0) is 11.0. The van der Waals surface area contributed by atoms with E-state index in [-0.39, 0.29) is 0 Å². The standard InChI is InChI=1S/C12H13NO2/c1-8-4-5-11-10(12(8)15-3)6-9(7-14)13(11)2/h4-7H,1-3H3. The first kappa shape index (κ1) is 9.77. The van der Waals surface area contributed by atoms with Crippen molar-refractivity contribution < 1.29 is 9.53 Å². The van der Waals surface area contributed by atoms with Crippen LogP contribution in [0.5, 0.6) is 5.75 Å². The molecule has 1 aromatic carbocycles. The Morgan fingerprint density at radius 3 is 2.73 bits per heavy atom. The first-order valence-corrected chi connectivity index (χ1v) is 4.77. The highest BCUT2D eigenvalue weighted by Crippen LogP contribution is 2.30. The van der Waals surface area contributed by atoms with Crippen molar-refractivity contribution in [2.24, 2.45) is 7.05 Å². The fourth-order valence-electron chi connectivity index (χ4n) is 1.90. The minimum absolute atomic E-state index is 0.661. The molecule has 3 nitrogen and oxygen atoms in total. The molecule has 15 heavy (non-hydrogen) atoms. The summed E-state index contributed by atoms with van der Waals surface area (Å²) in [6, 6.07) is 5.85. The first-order chi connectivity index (χ1) is 7.19. The summed E-state index contributed by atoms with van der Waals surface area (Å²) in [4.78, 5) is 10.8. The molecular formula is C12H13NO2. The molecule has 1 aromatic heterocycles. The number of rotatable bonds is 2. The lowest BCUT2D eigenvalue weighted by molar-refractivity contribution is 0.111. The number of nitrogens with zero attached hydrogens (tertiary/aromatic N) is 1. The van der Waals surface area contributed by atoms with Gasteiger partial charge in [0.05, 0.1) is 18.3 Å². The quantitative estimate of drug-likeness (QED) is 0.701. The molecule has 0 saturated carbocycles. The van der Waals surface area contributed by atoms with Crippen molar-refractivity contribution in [1.82, 2.24) is 4.57 Å². The average Bonchev–Trinajstić information content (AvgIpc) is 2.55. The molecule has 0 amide bonds. The maximum absolute atomic E-state index is 10.8. The largest absolute Gasteiger partial charge is 0.496 e. The second kappa shape index (κ2) is 3.42. The summed E-state index contributed by atoms with van der Waals surface area (Å²) >= 11 is 0. The summed E-state index contributed by atoms with van der Waals surface area (Å²) in [6.07, 6.45) is 0.856. The Labute approximate surface area is 88.3 Å². The highest BCUT2D eigenvalue weighted by molar-refractivity contribution is 5.93. The van der Waals surface area contributed by atoms with E-state index >= 15 is 0 Å². The molecule has 0 saturated heterocycles. The van der Waals surface area contributed by atoms with E-state index in [0.29, 0.717) is 5.69 Å². The predicted molar refractivity (Wildman–Crippen MR) is 59.6 cm³/mol. The molecule has 0 atom stereocenters. The van der Waals surface area contributed by atoms with Crippen molar-refractivity contribution in [3.05, 3.63) is 29.5 Å². The number of carbonyl (C=O) groups excluding carboxylic acids is 1. The molecule has 0 fully saturated rings. The van der Waals surface area contributed by atoms with Crippen LogP contribution in [0.1, 0.15) is 16.1 Å². The van der Waals surface area contributed by atoms with Crippen LogP contribution in [0.15, 0.2) is 18.2 Å². The number of methoxy groups -OCH3 is 1. The van der Waals surface area contributed by atoms with E-state index < -0.39 is 0 Å². The van der Waals surface area contributed by atoms with Crippen LogP contribution in [-0.2, 0) is 7.05 Å². The van der Waals surface area contributed by atoms with E-state index in [4.69, 9.17) is 4.74 Å². The van der Waals surface area contributed by atoms with Crippen molar-refractivity contribution in [2.75, 3.05) is 7.11 Å². The lowest BCUT2D eigenvalue weighted by Crippen LogP contribution is -1.93. The summed E-state index contributed by atoms with van der Waals surface area (Å²) in [7, 11) is 3.52. The SMILES string of the molecule is COc1c(C)ccc2c1cc(C=O)n2C. The van der Waals surface area contributed by atoms with Gasteiger partial charge >= 0.3 is 0 Å². The summed E-state index contributed by atoms with van der Waals surface area (Å²) in [6.45, 7) is 1.99. The van der Waals surface area contributed by atoms with E-state index in [1.54, 1.807) is 7.11 Å². The predicted octanol–water partition coefficient (Wildman–Crippen LogP) is 2.31. The zero-order valence-electron chi connectivity index (χ0n) is 9.07. The molecule has 1 heterocycles. The lowest BCUT2D eigenvalue weighted by Gasteiger charge is -2.06. The Kier molecular flexibility index (Phi) is 2.23. The monoisotopic (exact) mass is 203 g/mol. The fourth-order valence-corrected chi connectivity index (χ4v) is 1.90. The van der Waals surface area contributed by atoms with Crippen LogP contribution < -0.4 is 4.74 Å². The Balaban J connectivity index is 2.87. The van der Waals surface area contributed by atoms with Crippen molar-refractivity contribution in [3.63, 3.8) is 0 Å². The van der Waals surface area contributed by atoms with Crippen molar-refractivity contribution in [2.45, 2.75) is 6.92 Å². The number of aryl methyl sites for hydroxylation is 2. The molecule has 2 aromatic rings. The molecule has 0 aliphatic carbocycles. The lowest BCUT2D eigenvalue weighted by atomic mass is 10.1. The molecule has 78 valence electrons. The molecule has 0 spiro atoms. The molecule has 0 unspecified atom stereocenters. The molecule has 0 aliphatic heterocycles. The number of aldehydes is 1. The Morgan fingerprint density at radius 1 is 1.40 bits per heavy atom. The summed E-state index contributed by atoms with van der Waals surface area (Å²) in [5.41, 5.74) is 2.75. The van der Waals surface area contributed by atoms with Gasteiger partial charge in [0.1, 0.15) is 5.75 Å². The van der Waals surface area contributed by atoms with Crippen LogP contribution >= 0.6 is 0 Å². The molecule has 0 N–H and O–H groups in total. The Morgan fingerprint density at radius 2 is 2.13 bits per heavy atom. The number of benzene rings is 1. The molecular weight excluding hydrogens is 190 g/mol. The smallest absolute Gasteiger partial charge is 0.166 e. The number of hydrogen-bond donors (Lipinski definition) is 0. The number of fused-ring (bicyclic) bond motifs is 1. The second-order valence-electron chi connectivity index (χ2n) is 3.59. The van der Waals surface area contributed by atoms with Crippen LogP contribution in [0.3, 0.4) is 0 Å². The maximum Gasteiger partial charge on any atom is 0.166 e. The second-order valence-corrected chi connectivity index (χ2v) is 3.59. The number of ether oxygens (including phenoxy) is 1. The average molecular weight is 203 g/mol. The van der Waals surface area contributed by atoms with Crippen LogP contribution in [0.25, 0.3) is 10.9 Å². The van der Waals surface area contributed by atoms with Gasteiger partial charge in [-0.3, -0.25) is 4.79 Å². The van der Waals surface area contributed by atoms with Gasteiger partial charge in [-0.05, 0) is 24.6 Å². The van der Waals surface area contributed by atoms with Crippen LogP contribution in [-0.4, -0.2) is 18.0 Å². The van der Waals surface area contributed by atoms with Gasteiger partial charge in [0.2, 0.25) is 0 Å². The Bertz CT molecular complexity index is 526. The van der Waals surface area contributed by atoms with Crippen LogP contribution in [0.2, 0.25) is 0 Å². The van der Waals surface area contributed by atoms with Crippen LogP contribution in [0, 0.1) is 6.92 Å². The van der Waals surface area contributed by atoms with E-state index in [1.165, 1.54) is 0 Å². The van der Waals surface area contributed by atoms with Gasteiger partial charge in [0, 0.05) is 12.4 Å². The van der Waals surface area contributed by atoms with E-state index in [9.17, 15) is 4.79 Å². The molecule has 3 heteroatoms. The fraction of sp³-hybridized carbons (Fsp3) is 0.250. The number of aromatic nitrogens is 1. The van der Waals surface area contributed by atoms with E-state index in [2.05, 4.69) is 0 Å². The molecule has 0 aliphatic rings. The minimum Gasteiger partial charge on any atom is -0.496 e. The van der Waals surface area contributed by atoms with Crippen molar-refractivity contribution in [3.8, 4) is 5.75 Å². The highest BCUT2D eigenvalue weighted by Gasteiger charge is 2.10. The third kappa shape index (κ3) is 1.31. The topological polar surface area (TPSA) is 31.2 Å². The molecule has 0 bridgehead atoms. The van der Waals surface area contributed by atoms with Crippen molar-refractivity contribution >= 4 is 17.2 Å². The summed E-state index contributed by atoms with van der Waals surface area (Å²) < 4.78 is 7.21. The normalized spacial score (nSPS) is 10.6. The number of hydrogen-bond acceptors (Lipinski definition) is 2. The zero-order valence-corrected chi connectivity index (χ0v) is 9.07. The van der Waals surface area contributed by atoms with Gasteiger partial charge in [-0.1, -0.05) is 6.07 Å². The van der Waals surface area contributed by atoms with E-state index in [1.807, 2.05) is 36.7 Å². The van der Waals surface area contributed by atoms with Gasteiger partial charge in [0.15, 0.2) is 6.29 Å². The maximum atomic E-state index is 10.8. The van der Waals surface area contributed by atoms with Gasteiger partial charge in [-0.15, -0.1) is 0 Å². The minimum atomic E-state index is 0.661. The third-order valence-electron chi connectivity index (χ3n) is 2.74. The van der Waals surface area contributed by atoms with Gasteiger partial charge in [-0.25, -0.2) is 0 Å². The summed E-state index contributed by atoms with van der Waals surface area (Å²) in [5, 5.41) is 0.988. The van der Waals surface area contributed by atoms with Gasteiger partial charge in [0.25, 0.3) is 0 Å². The van der Waals surface area contributed by atoms with Gasteiger partial charge < -0.3 is 9.30 Å². The number of carbonyl (C=O) groups is 1. The Hall–Kier alpha value is -1.77. The van der Waals surface area contributed by atoms with Crippen LogP contribution in [0.4, 0.5) is 0 Å². The molecule has 0 radical (unpaired) electrons. The van der Waals surface area contributed by atoms with Gasteiger partial charge in [-0.2, -0.15) is 0 Å². The highest BCUT2D eigenvalue weighted by atomic mass is 16.5. The van der Waals surface area contributed by atoms with E-state index in [0.717, 1.165) is 28.5 Å².